The first-order valence-corrected chi connectivity index (χ1v) is 6.94. The summed E-state index contributed by atoms with van der Waals surface area (Å²) >= 11 is 3.49. The molecule has 1 atom stereocenters. The molecule has 0 saturated carbocycles. The maximum atomic E-state index is 12.1. The Morgan fingerprint density at radius 2 is 1.88 bits per heavy atom. The fourth-order valence-corrected chi connectivity index (χ4v) is 2.36. The fourth-order valence-electron chi connectivity index (χ4n) is 2.04. The summed E-state index contributed by atoms with van der Waals surface area (Å²) in [7, 11) is 4.08. The third kappa shape index (κ3) is 3.45. The first kappa shape index (κ1) is 14.0. The van der Waals surface area contributed by atoms with Gasteiger partial charge in [0, 0.05) is 13.1 Å². The predicted molar refractivity (Wildman–Crippen MR) is 70.8 cm³/mol. The molecular formula is C12H23BrN2O. The zero-order valence-corrected chi connectivity index (χ0v) is 12.3. The molecule has 4 heteroatoms. The molecular weight excluding hydrogens is 268 g/mol. The SMILES string of the molecule is CC(C)C(Br)C(=O)N(C)C1CCN(C)CC1. The van der Waals surface area contributed by atoms with Gasteiger partial charge in [0.1, 0.15) is 0 Å². The second-order valence-corrected chi connectivity index (χ2v) is 6.12. The third-order valence-electron chi connectivity index (χ3n) is 3.40. The lowest BCUT2D eigenvalue weighted by Crippen LogP contribution is -2.47. The van der Waals surface area contributed by atoms with Gasteiger partial charge >= 0.3 is 0 Å². The summed E-state index contributed by atoms with van der Waals surface area (Å²) in [4.78, 5) is 16.3. The summed E-state index contributed by atoms with van der Waals surface area (Å²) in [5, 5.41) is 0. The molecule has 1 rings (SSSR count). The van der Waals surface area contributed by atoms with Gasteiger partial charge in [0.25, 0.3) is 0 Å². The largest absolute Gasteiger partial charge is 0.342 e. The Labute approximate surface area is 107 Å². The standard InChI is InChI=1S/C12H23BrN2O/c1-9(2)11(13)12(16)15(4)10-5-7-14(3)8-6-10/h9-11H,5-8H2,1-4H3. The lowest BCUT2D eigenvalue weighted by atomic mass is 10.0. The number of hydrogen-bond acceptors (Lipinski definition) is 2. The molecule has 1 amide bonds. The van der Waals surface area contributed by atoms with E-state index in [0.29, 0.717) is 12.0 Å². The Morgan fingerprint density at radius 1 is 1.38 bits per heavy atom. The van der Waals surface area contributed by atoms with Crippen LogP contribution in [0.4, 0.5) is 0 Å². The van der Waals surface area contributed by atoms with E-state index in [2.05, 4.69) is 41.7 Å². The monoisotopic (exact) mass is 290 g/mol. The van der Waals surface area contributed by atoms with E-state index in [1.54, 1.807) is 0 Å². The minimum atomic E-state index is -0.0443. The van der Waals surface area contributed by atoms with Gasteiger partial charge in [0.2, 0.25) is 5.91 Å². The molecule has 1 heterocycles. The molecule has 1 unspecified atom stereocenters. The summed E-state index contributed by atoms with van der Waals surface area (Å²) in [5.41, 5.74) is 0. The molecule has 3 nitrogen and oxygen atoms in total. The number of carbonyl (C=O) groups excluding carboxylic acids is 1. The minimum Gasteiger partial charge on any atom is -0.342 e. The molecule has 1 fully saturated rings. The predicted octanol–water partition coefficient (Wildman–Crippen LogP) is 1.96. The van der Waals surface area contributed by atoms with Crippen LogP contribution in [0.5, 0.6) is 0 Å². The van der Waals surface area contributed by atoms with E-state index >= 15 is 0 Å². The van der Waals surface area contributed by atoms with E-state index in [9.17, 15) is 4.79 Å². The highest BCUT2D eigenvalue weighted by atomic mass is 79.9. The van der Waals surface area contributed by atoms with Crippen LogP contribution in [-0.4, -0.2) is 53.8 Å². The fraction of sp³-hybridized carbons (Fsp3) is 0.917. The highest BCUT2D eigenvalue weighted by Gasteiger charge is 2.28. The molecule has 0 radical (unpaired) electrons. The molecule has 1 saturated heterocycles. The normalized spacial score (nSPS) is 21.1. The van der Waals surface area contributed by atoms with Crippen LogP contribution in [0.25, 0.3) is 0 Å². The van der Waals surface area contributed by atoms with Crippen molar-refractivity contribution in [3.63, 3.8) is 0 Å². The molecule has 1 aliphatic rings. The summed E-state index contributed by atoms with van der Waals surface area (Å²) < 4.78 is 0. The summed E-state index contributed by atoms with van der Waals surface area (Å²) in [5.74, 6) is 0.575. The highest BCUT2D eigenvalue weighted by Crippen LogP contribution is 2.20. The van der Waals surface area contributed by atoms with Crippen molar-refractivity contribution in [2.24, 2.45) is 5.92 Å². The molecule has 0 N–H and O–H groups in total. The molecule has 0 aromatic carbocycles. The van der Waals surface area contributed by atoms with Gasteiger partial charge in [-0.25, -0.2) is 0 Å². The van der Waals surface area contributed by atoms with Crippen molar-refractivity contribution in [1.82, 2.24) is 9.80 Å². The number of rotatable bonds is 3. The lowest BCUT2D eigenvalue weighted by Gasteiger charge is -2.36. The molecule has 94 valence electrons. The first-order valence-electron chi connectivity index (χ1n) is 6.02. The van der Waals surface area contributed by atoms with Crippen LogP contribution in [0.3, 0.4) is 0 Å². The maximum absolute atomic E-state index is 12.1. The van der Waals surface area contributed by atoms with Crippen LogP contribution in [0.15, 0.2) is 0 Å². The Hall–Kier alpha value is -0.0900. The van der Waals surface area contributed by atoms with Gasteiger partial charge in [0.15, 0.2) is 0 Å². The van der Waals surface area contributed by atoms with Gasteiger partial charge in [-0.15, -0.1) is 0 Å². The van der Waals surface area contributed by atoms with Gasteiger partial charge in [-0.1, -0.05) is 29.8 Å². The highest BCUT2D eigenvalue weighted by molar-refractivity contribution is 9.10. The smallest absolute Gasteiger partial charge is 0.236 e. The zero-order chi connectivity index (χ0) is 12.3. The Balaban J connectivity index is 2.50. The third-order valence-corrected chi connectivity index (χ3v) is 4.85. The van der Waals surface area contributed by atoms with Crippen LogP contribution in [0, 0.1) is 5.92 Å². The average molecular weight is 291 g/mol. The van der Waals surface area contributed by atoms with Crippen LogP contribution in [-0.2, 0) is 4.79 Å². The van der Waals surface area contributed by atoms with Crippen LogP contribution in [0.1, 0.15) is 26.7 Å². The second-order valence-electron chi connectivity index (χ2n) is 5.13. The van der Waals surface area contributed by atoms with Crippen LogP contribution >= 0.6 is 15.9 Å². The minimum absolute atomic E-state index is 0.0443. The van der Waals surface area contributed by atoms with Crippen LogP contribution < -0.4 is 0 Å². The van der Waals surface area contributed by atoms with Gasteiger partial charge < -0.3 is 9.80 Å². The van der Waals surface area contributed by atoms with E-state index in [0.717, 1.165) is 25.9 Å². The molecule has 0 aliphatic carbocycles. The van der Waals surface area contributed by atoms with Crippen molar-refractivity contribution < 1.29 is 4.79 Å². The summed E-state index contributed by atoms with van der Waals surface area (Å²) in [6, 6.07) is 0.419. The Kier molecular flexibility index (Phi) is 5.25. The van der Waals surface area contributed by atoms with Crippen molar-refractivity contribution in [1.29, 1.82) is 0 Å². The van der Waals surface area contributed by atoms with Crippen molar-refractivity contribution in [3.05, 3.63) is 0 Å². The number of carbonyl (C=O) groups is 1. The number of likely N-dealkylation sites (tertiary alicyclic amines) is 1. The number of halogens is 1. The number of piperidine rings is 1. The van der Waals surface area contributed by atoms with E-state index < -0.39 is 0 Å². The number of hydrogen-bond donors (Lipinski definition) is 0. The number of alkyl halides is 1. The molecule has 16 heavy (non-hydrogen) atoms. The van der Waals surface area contributed by atoms with Gasteiger partial charge in [-0.05, 0) is 38.9 Å². The van der Waals surface area contributed by atoms with E-state index in [1.807, 2.05) is 11.9 Å². The van der Waals surface area contributed by atoms with Gasteiger partial charge in [0.05, 0.1) is 4.83 Å². The van der Waals surface area contributed by atoms with E-state index in [4.69, 9.17) is 0 Å². The van der Waals surface area contributed by atoms with E-state index in [1.165, 1.54) is 0 Å². The molecule has 0 bridgehead atoms. The van der Waals surface area contributed by atoms with Crippen LogP contribution in [0.2, 0.25) is 0 Å². The topological polar surface area (TPSA) is 23.6 Å². The summed E-state index contributed by atoms with van der Waals surface area (Å²) in [6.07, 6.45) is 2.19. The summed E-state index contributed by atoms with van der Waals surface area (Å²) in [6.45, 7) is 6.33. The average Bonchev–Trinajstić information content (AvgIpc) is 2.27. The van der Waals surface area contributed by atoms with Crippen molar-refractivity contribution in [2.75, 3.05) is 27.2 Å². The zero-order valence-electron chi connectivity index (χ0n) is 10.7. The van der Waals surface area contributed by atoms with Crippen molar-refractivity contribution in [3.8, 4) is 0 Å². The number of amides is 1. The number of nitrogens with zero attached hydrogens (tertiary/aromatic N) is 2. The Morgan fingerprint density at radius 3 is 2.31 bits per heavy atom. The van der Waals surface area contributed by atoms with Crippen molar-refractivity contribution in [2.45, 2.75) is 37.6 Å². The lowest BCUT2D eigenvalue weighted by molar-refractivity contribution is -0.132. The first-order chi connectivity index (χ1) is 7.43. The maximum Gasteiger partial charge on any atom is 0.236 e. The molecule has 0 spiro atoms. The second kappa shape index (κ2) is 6.01. The molecule has 1 aliphatic heterocycles. The van der Waals surface area contributed by atoms with Gasteiger partial charge in [-0.3, -0.25) is 4.79 Å². The Bertz CT molecular complexity index is 237. The molecule has 0 aromatic rings. The molecule has 0 aromatic heterocycles. The quantitative estimate of drug-likeness (QED) is 0.742. The van der Waals surface area contributed by atoms with Gasteiger partial charge in [-0.2, -0.15) is 0 Å². The van der Waals surface area contributed by atoms with Crippen molar-refractivity contribution >= 4 is 21.8 Å². The van der Waals surface area contributed by atoms with E-state index in [-0.39, 0.29) is 10.7 Å².